The standard InChI is InChI=1S/C22H28N2O2/c1-7-24(6)14-23-21-13-16(3)20(12-17(21)4)22(25)26-18(5)19-10-8-9-15(2)11-19/h8-14,18H,7H2,1-6H3/b23-14+. The molecule has 2 aromatic carbocycles. The molecule has 0 aliphatic heterocycles. The van der Waals surface area contributed by atoms with E-state index in [9.17, 15) is 4.79 Å². The van der Waals surface area contributed by atoms with Gasteiger partial charge < -0.3 is 9.64 Å². The van der Waals surface area contributed by atoms with Crippen LogP contribution >= 0.6 is 0 Å². The quantitative estimate of drug-likeness (QED) is 0.410. The zero-order valence-electron chi connectivity index (χ0n) is 16.5. The van der Waals surface area contributed by atoms with Crippen molar-refractivity contribution in [2.24, 2.45) is 4.99 Å². The van der Waals surface area contributed by atoms with E-state index >= 15 is 0 Å². The molecule has 0 fully saturated rings. The van der Waals surface area contributed by atoms with Gasteiger partial charge in [0.05, 0.1) is 17.6 Å². The molecule has 4 heteroatoms. The first-order chi connectivity index (χ1) is 12.3. The summed E-state index contributed by atoms with van der Waals surface area (Å²) in [5.41, 5.74) is 5.42. The van der Waals surface area contributed by atoms with Crippen LogP contribution in [0, 0.1) is 20.8 Å². The number of aliphatic imine (C=N–C) groups is 1. The van der Waals surface area contributed by atoms with Crippen molar-refractivity contribution in [3.8, 4) is 0 Å². The molecule has 0 saturated heterocycles. The third-order valence-electron chi connectivity index (χ3n) is 4.45. The smallest absolute Gasteiger partial charge is 0.339 e. The van der Waals surface area contributed by atoms with Crippen molar-refractivity contribution in [3.05, 3.63) is 64.2 Å². The largest absolute Gasteiger partial charge is 0.454 e. The second-order valence-corrected chi connectivity index (χ2v) is 6.73. The Morgan fingerprint density at radius 1 is 1.19 bits per heavy atom. The maximum atomic E-state index is 12.6. The third kappa shape index (κ3) is 4.94. The summed E-state index contributed by atoms with van der Waals surface area (Å²) in [4.78, 5) is 19.1. The topological polar surface area (TPSA) is 41.9 Å². The molecule has 0 aromatic heterocycles. The van der Waals surface area contributed by atoms with Crippen molar-refractivity contribution in [3.63, 3.8) is 0 Å². The molecule has 1 unspecified atom stereocenters. The first-order valence-corrected chi connectivity index (χ1v) is 8.95. The number of benzene rings is 2. The molecule has 0 amide bonds. The van der Waals surface area contributed by atoms with Gasteiger partial charge in [0.1, 0.15) is 6.10 Å². The molecule has 0 radical (unpaired) electrons. The van der Waals surface area contributed by atoms with Crippen molar-refractivity contribution in [1.82, 2.24) is 4.90 Å². The van der Waals surface area contributed by atoms with Gasteiger partial charge in [0, 0.05) is 13.6 Å². The zero-order valence-corrected chi connectivity index (χ0v) is 16.5. The molecule has 2 aromatic rings. The van der Waals surface area contributed by atoms with Crippen LogP contribution in [-0.4, -0.2) is 30.8 Å². The number of nitrogens with zero attached hydrogens (tertiary/aromatic N) is 2. The highest BCUT2D eigenvalue weighted by molar-refractivity contribution is 5.92. The second kappa shape index (κ2) is 8.65. The molecule has 1 atom stereocenters. The molecular formula is C22H28N2O2. The minimum absolute atomic E-state index is 0.294. The van der Waals surface area contributed by atoms with Crippen LogP contribution in [0.1, 0.15) is 52.6 Å². The summed E-state index contributed by atoms with van der Waals surface area (Å²) in [6.45, 7) is 10.8. The van der Waals surface area contributed by atoms with E-state index < -0.39 is 0 Å². The molecular weight excluding hydrogens is 324 g/mol. The average Bonchev–Trinajstić information content (AvgIpc) is 2.61. The third-order valence-corrected chi connectivity index (χ3v) is 4.45. The Balaban J connectivity index is 2.19. The number of carbonyl (C=O) groups is 1. The Labute approximate surface area is 156 Å². The van der Waals surface area contributed by atoms with Crippen molar-refractivity contribution in [2.45, 2.75) is 40.7 Å². The van der Waals surface area contributed by atoms with E-state index in [0.29, 0.717) is 5.56 Å². The Kier molecular flexibility index (Phi) is 6.56. The number of ether oxygens (including phenoxy) is 1. The SMILES string of the molecule is CCN(C)/C=N/c1cc(C)c(C(=O)OC(C)c2cccc(C)c2)cc1C. The number of hydrogen-bond donors (Lipinski definition) is 0. The Bertz CT molecular complexity index is 812. The number of hydrogen-bond acceptors (Lipinski definition) is 3. The molecule has 0 aliphatic rings. The molecule has 26 heavy (non-hydrogen) atoms. The second-order valence-electron chi connectivity index (χ2n) is 6.73. The van der Waals surface area contributed by atoms with Gasteiger partial charge >= 0.3 is 5.97 Å². The molecule has 0 bridgehead atoms. The molecule has 0 aliphatic carbocycles. The van der Waals surface area contributed by atoms with Crippen LogP contribution in [0.5, 0.6) is 0 Å². The monoisotopic (exact) mass is 352 g/mol. The van der Waals surface area contributed by atoms with E-state index in [4.69, 9.17) is 4.74 Å². The lowest BCUT2D eigenvalue weighted by Gasteiger charge is -2.16. The van der Waals surface area contributed by atoms with Crippen LogP contribution in [-0.2, 0) is 4.74 Å². The molecule has 0 heterocycles. The van der Waals surface area contributed by atoms with Gasteiger partial charge in [-0.1, -0.05) is 29.8 Å². The summed E-state index contributed by atoms with van der Waals surface area (Å²) < 4.78 is 5.68. The number of rotatable bonds is 6. The minimum atomic E-state index is -0.305. The van der Waals surface area contributed by atoms with E-state index in [1.54, 1.807) is 6.34 Å². The van der Waals surface area contributed by atoms with Gasteiger partial charge in [-0.25, -0.2) is 9.79 Å². The van der Waals surface area contributed by atoms with Crippen molar-refractivity contribution >= 4 is 18.0 Å². The van der Waals surface area contributed by atoms with E-state index in [-0.39, 0.29) is 12.1 Å². The van der Waals surface area contributed by atoms with Gasteiger partial charge in [-0.2, -0.15) is 0 Å². The predicted molar refractivity (Wildman–Crippen MR) is 107 cm³/mol. The van der Waals surface area contributed by atoms with Crippen molar-refractivity contribution in [2.75, 3.05) is 13.6 Å². The maximum Gasteiger partial charge on any atom is 0.339 e. The zero-order chi connectivity index (χ0) is 19.3. The summed E-state index contributed by atoms with van der Waals surface area (Å²) in [5, 5.41) is 0. The molecule has 2 rings (SSSR count). The van der Waals surface area contributed by atoms with Gasteiger partial charge in [-0.15, -0.1) is 0 Å². The van der Waals surface area contributed by atoms with Crippen LogP contribution < -0.4 is 0 Å². The maximum absolute atomic E-state index is 12.6. The van der Waals surface area contributed by atoms with E-state index in [1.807, 2.05) is 76.0 Å². The van der Waals surface area contributed by atoms with Gasteiger partial charge in [0.25, 0.3) is 0 Å². The summed E-state index contributed by atoms with van der Waals surface area (Å²) in [7, 11) is 1.98. The molecule has 0 spiro atoms. The van der Waals surface area contributed by atoms with Gasteiger partial charge in [-0.3, -0.25) is 0 Å². The lowest BCUT2D eigenvalue weighted by Crippen LogP contribution is -2.14. The first-order valence-electron chi connectivity index (χ1n) is 8.95. The van der Waals surface area contributed by atoms with Crippen molar-refractivity contribution in [1.29, 1.82) is 0 Å². The highest BCUT2D eigenvalue weighted by atomic mass is 16.5. The Hall–Kier alpha value is -2.62. The van der Waals surface area contributed by atoms with Crippen LogP contribution in [0.2, 0.25) is 0 Å². The average molecular weight is 352 g/mol. The summed E-state index contributed by atoms with van der Waals surface area (Å²) >= 11 is 0. The van der Waals surface area contributed by atoms with Crippen LogP contribution in [0.4, 0.5) is 5.69 Å². The van der Waals surface area contributed by atoms with Gasteiger partial charge in [-0.05, 0) is 63.4 Å². The Morgan fingerprint density at radius 3 is 2.58 bits per heavy atom. The highest BCUT2D eigenvalue weighted by Gasteiger charge is 2.17. The minimum Gasteiger partial charge on any atom is -0.454 e. The van der Waals surface area contributed by atoms with Gasteiger partial charge in [0.15, 0.2) is 0 Å². The molecule has 138 valence electrons. The van der Waals surface area contributed by atoms with Crippen LogP contribution in [0.25, 0.3) is 0 Å². The van der Waals surface area contributed by atoms with E-state index in [1.165, 1.54) is 0 Å². The van der Waals surface area contributed by atoms with Crippen molar-refractivity contribution < 1.29 is 9.53 Å². The highest BCUT2D eigenvalue weighted by Crippen LogP contribution is 2.26. The Morgan fingerprint density at radius 2 is 1.92 bits per heavy atom. The van der Waals surface area contributed by atoms with Crippen LogP contribution in [0.3, 0.4) is 0 Å². The molecule has 4 nitrogen and oxygen atoms in total. The fourth-order valence-corrected chi connectivity index (χ4v) is 2.62. The lowest BCUT2D eigenvalue weighted by atomic mass is 10.0. The number of esters is 1. The fraction of sp³-hybridized carbons (Fsp3) is 0.364. The van der Waals surface area contributed by atoms with E-state index in [0.717, 1.165) is 34.5 Å². The fourth-order valence-electron chi connectivity index (χ4n) is 2.62. The predicted octanol–water partition coefficient (Wildman–Crippen LogP) is 5.14. The number of aryl methyl sites for hydroxylation is 3. The number of carbonyl (C=O) groups excluding carboxylic acids is 1. The summed E-state index contributed by atoms with van der Waals surface area (Å²) in [5.74, 6) is -0.305. The molecule has 0 N–H and O–H groups in total. The first kappa shape index (κ1) is 19.7. The summed E-state index contributed by atoms with van der Waals surface area (Å²) in [6, 6.07) is 11.8. The van der Waals surface area contributed by atoms with Crippen LogP contribution in [0.15, 0.2) is 41.4 Å². The summed E-state index contributed by atoms with van der Waals surface area (Å²) in [6.07, 6.45) is 1.51. The van der Waals surface area contributed by atoms with Gasteiger partial charge in [0.2, 0.25) is 0 Å². The lowest BCUT2D eigenvalue weighted by molar-refractivity contribution is 0.0337. The molecule has 0 saturated carbocycles. The normalized spacial score (nSPS) is 12.2. The van der Waals surface area contributed by atoms with E-state index in [2.05, 4.69) is 11.9 Å².